The highest BCUT2D eigenvalue weighted by Gasteiger charge is 2.33. The Morgan fingerprint density at radius 3 is 2.26 bits per heavy atom. The minimum absolute atomic E-state index is 0.0804. The molecule has 0 radical (unpaired) electrons. The highest BCUT2D eigenvalue weighted by Crippen LogP contribution is 2.37. The third-order valence-electron chi connectivity index (χ3n) is 2.89. The number of ether oxygens (including phenoxy) is 1. The van der Waals surface area contributed by atoms with Gasteiger partial charge in [0.15, 0.2) is 0 Å². The quantitative estimate of drug-likeness (QED) is 0.506. The summed E-state index contributed by atoms with van der Waals surface area (Å²) < 4.78 is 42.9. The van der Waals surface area contributed by atoms with Crippen molar-refractivity contribution in [3.8, 4) is 11.3 Å². The molecule has 1 aromatic carbocycles. The Balaban J connectivity index is 2.72. The van der Waals surface area contributed by atoms with Crippen molar-refractivity contribution >= 4 is 40.8 Å². The number of nitrogens with zero attached hydrogens (tertiary/aromatic N) is 1. The highest BCUT2D eigenvalue weighted by molar-refractivity contribution is 6.44. The second-order valence-electron chi connectivity index (χ2n) is 4.36. The first-order valence-corrected chi connectivity index (χ1v) is 7.09. The Morgan fingerprint density at radius 1 is 1.09 bits per heavy atom. The molecule has 3 nitrogen and oxygen atoms in total. The van der Waals surface area contributed by atoms with Crippen molar-refractivity contribution in [1.82, 2.24) is 4.98 Å². The van der Waals surface area contributed by atoms with Crippen LogP contribution < -0.4 is 0 Å². The van der Waals surface area contributed by atoms with Crippen LogP contribution in [0.15, 0.2) is 24.4 Å². The minimum atomic E-state index is -4.66. The van der Waals surface area contributed by atoms with E-state index in [1.165, 1.54) is 12.1 Å². The lowest BCUT2D eigenvalue weighted by Gasteiger charge is -2.13. The standard InChI is InChI=1S/C14H7Cl3F3NO2/c1-23-13(22)8-2-6(14(18,19)20)5-21-12(8)7-3-10(16)11(17)4-9(7)15/h2-5H,1H3. The Kier molecular flexibility index (Phi) is 5.08. The molecule has 0 amide bonds. The van der Waals surface area contributed by atoms with Gasteiger partial charge in [0.2, 0.25) is 0 Å². The number of pyridine rings is 1. The maximum atomic E-state index is 12.8. The summed E-state index contributed by atoms with van der Waals surface area (Å²) in [4.78, 5) is 15.5. The summed E-state index contributed by atoms with van der Waals surface area (Å²) in [6.07, 6.45) is -4.06. The summed E-state index contributed by atoms with van der Waals surface area (Å²) in [7, 11) is 1.04. The average molecular weight is 385 g/mol. The molecule has 0 fully saturated rings. The van der Waals surface area contributed by atoms with Crippen molar-refractivity contribution < 1.29 is 22.7 Å². The lowest BCUT2D eigenvalue weighted by molar-refractivity contribution is -0.137. The maximum Gasteiger partial charge on any atom is 0.417 e. The van der Waals surface area contributed by atoms with Crippen molar-refractivity contribution in [3.63, 3.8) is 0 Å². The Morgan fingerprint density at radius 2 is 1.70 bits per heavy atom. The lowest BCUT2D eigenvalue weighted by Crippen LogP contribution is -2.11. The molecule has 0 unspecified atom stereocenters. The number of carbonyl (C=O) groups is 1. The molecular formula is C14H7Cl3F3NO2. The lowest BCUT2D eigenvalue weighted by atomic mass is 10.0. The van der Waals surface area contributed by atoms with Crippen molar-refractivity contribution in [2.75, 3.05) is 7.11 Å². The fourth-order valence-corrected chi connectivity index (χ4v) is 2.44. The van der Waals surface area contributed by atoms with Gasteiger partial charge >= 0.3 is 12.1 Å². The Labute approximate surface area is 143 Å². The summed E-state index contributed by atoms with van der Waals surface area (Å²) >= 11 is 17.7. The zero-order valence-corrected chi connectivity index (χ0v) is 13.6. The molecule has 9 heteroatoms. The van der Waals surface area contributed by atoms with E-state index < -0.39 is 17.7 Å². The zero-order valence-electron chi connectivity index (χ0n) is 11.3. The van der Waals surface area contributed by atoms with Crippen molar-refractivity contribution in [1.29, 1.82) is 0 Å². The first-order chi connectivity index (χ1) is 10.6. The molecule has 0 aliphatic carbocycles. The van der Waals surface area contributed by atoms with E-state index >= 15 is 0 Å². The maximum absolute atomic E-state index is 12.8. The van der Waals surface area contributed by atoms with Gasteiger partial charge in [-0.05, 0) is 18.2 Å². The summed E-state index contributed by atoms with van der Waals surface area (Å²) in [6.45, 7) is 0. The van der Waals surface area contributed by atoms with Gasteiger partial charge in [-0.1, -0.05) is 34.8 Å². The molecule has 0 saturated heterocycles. The average Bonchev–Trinajstić information content (AvgIpc) is 2.48. The highest BCUT2D eigenvalue weighted by atomic mass is 35.5. The van der Waals surface area contributed by atoms with Gasteiger partial charge in [-0.3, -0.25) is 4.98 Å². The predicted octanol–water partition coefficient (Wildman–Crippen LogP) is 5.51. The van der Waals surface area contributed by atoms with E-state index in [1.807, 2.05) is 0 Å². The number of hydrogen-bond donors (Lipinski definition) is 0. The van der Waals surface area contributed by atoms with Crippen LogP contribution in [0.5, 0.6) is 0 Å². The van der Waals surface area contributed by atoms with Gasteiger partial charge in [0.1, 0.15) is 0 Å². The molecule has 23 heavy (non-hydrogen) atoms. The summed E-state index contributed by atoms with van der Waals surface area (Å²) in [5.41, 5.74) is -1.40. The van der Waals surface area contributed by atoms with E-state index in [4.69, 9.17) is 34.8 Å². The molecule has 0 N–H and O–H groups in total. The number of benzene rings is 1. The number of rotatable bonds is 2. The van der Waals surface area contributed by atoms with Crippen LogP contribution in [0.1, 0.15) is 15.9 Å². The number of halogens is 6. The molecule has 0 spiro atoms. The fraction of sp³-hybridized carbons (Fsp3) is 0.143. The van der Waals surface area contributed by atoms with Gasteiger partial charge in [0, 0.05) is 11.8 Å². The van der Waals surface area contributed by atoms with Gasteiger partial charge in [0.05, 0.1) is 39.0 Å². The van der Waals surface area contributed by atoms with Gasteiger partial charge in [-0.15, -0.1) is 0 Å². The number of alkyl halides is 3. The molecule has 0 atom stereocenters. The Bertz CT molecular complexity index is 779. The van der Waals surface area contributed by atoms with Crippen LogP contribution >= 0.6 is 34.8 Å². The molecule has 122 valence electrons. The summed E-state index contributed by atoms with van der Waals surface area (Å²) in [5, 5.41) is 0.354. The van der Waals surface area contributed by atoms with Crippen molar-refractivity contribution in [2.24, 2.45) is 0 Å². The van der Waals surface area contributed by atoms with E-state index in [2.05, 4.69) is 9.72 Å². The molecule has 2 aromatic rings. The second kappa shape index (κ2) is 6.55. The molecule has 2 rings (SSSR count). The fourth-order valence-electron chi connectivity index (χ4n) is 1.80. The van der Waals surface area contributed by atoms with E-state index in [1.54, 1.807) is 0 Å². The number of methoxy groups -OCH3 is 1. The van der Waals surface area contributed by atoms with E-state index in [0.29, 0.717) is 12.3 Å². The number of esters is 1. The van der Waals surface area contributed by atoms with Gasteiger partial charge in [0.25, 0.3) is 0 Å². The second-order valence-corrected chi connectivity index (χ2v) is 5.58. The third-order valence-corrected chi connectivity index (χ3v) is 3.92. The van der Waals surface area contributed by atoms with Gasteiger partial charge in [-0.25, -0.2) is 4.79 Å². The van der Waals surface area contributed by atoms with Crippen LogP contribution in [0.4, 0.5) is 13.2 Å². The SMILES string of the molecule is COC(=O)c1cc(C(F)(F)F)cnc1-c1cc(Cl)c(Cl)cc1Cl. The summed E-state index contributed by atoms with van der Waals surface area (Å²) in [5.74, 6) is -0.985. The largest absolute Gasteiger partial charge is 0.465 e. The zero-order chi connectivity index (χ0) is 17.4. The van der Waals surface area contributed by atoms with Crippen LogP contribution in [-0.2, 0) is 10.9 Å². The number of carbonyl (C=O) groups excluding carboxylic acids is 1. The van der Waals surface area contributed by atoms with Gasteiger partial charge in [-0.2, -0.15) is 13.2 Å². The molecule has 0 aliphatic rings. The first kappa shape index (κ1) is 17.8. The smallest absolute Gasteiger partial charge is 0.417 e. The topological polar surface area (TPSA) is 39.2 Å². The molecule has 1 heterocycles. The van der Waals surface area contributed by atoms with Crippen molar-refractivity contribution in [2.45, 2.75) is 6.18 Å². The Hall–Kier alpha value is -1.50. The molecule has 1 aromatic heterocycles. The molecule has 0 aliphatic heterocycles. The number of hydrogen-bond acceptors (Lipinski definition) is 3. The monoisotopic (exact) mass is 383 g/mol. The number of aromatic nitrogens is 1. The predicted molar refractivity (Wildman–Crippen MR) is 81.0 cm³/mol. The minimum Gasteiger partial charge on any atom is -0.465 e. The van der Waals surface area contributed by atoms with Gasteiger partial charge < -0.3 is 4.74 Å². The third kappa shape index (κ3) is 3.71. The van der Waals surface area contributed by atoms with Crippen LogP contribution in [-0.4, -0.2) is 18.1 Å². The van der Waals surface area contributed by atoms with E-state index in [-0.39, 0.29) is 31.9 Å². The molecule has 0 saturated carbocycles. The molecule has 0 bridgehead atoms. The van der Waals surface area contributed by atoms with E-state index in [9.17, 15) is 18.0 Å². The first-order valence-electron chi connectivity index (χ1n) is 5.95. The summed E-state index contributed by atoms with van der Waals surface area (Å²) in [6, 6.07) is 3.27. The van der Waals surface area contributed by atoms with Crippen molar-refractivity contribution in [3.05, 3.63) is 50.6 Å². The van der Waals surface area contributed by atoms with Crippen LogP contribution in [0.3, 0.4) is 0 Å². The van der Waals surface area contributed by atoms with E-state index in [0.717, 1.165) is 7.11 Å². The van der Waals surface area contributed by atoms with Crippen LogP contribution in [0.25, 0.3) is 11.3 Å². The normalized spacial score (nSPS) is 11.4. The molecular weight excluding hydrogens is 378 g/mol. The van der Waals surface area contributed by atoms with Crippen LogP contribution in [0.2, 0.25) is 15.1 Å². The van der Waals surface area contributed by atoms with Crippen LogP contribution in [0, 0.1) is 0 Å².